The highest BCUT2D eigenvalue weighted by molar-refractivity contribution is 6.05. The van der Waals surface area contributed by atoms with Crippen LogP contribution in [-0.4, -0.2) is 55.2 Å². The smallest absolute Gasteiger partial charge is 0.255 e. The number of nitriles is 1. The van der Waals surface area contributed by atoms with Crippen molar-refractivity contribution in [3.05, 3.63) is 41.9 Å². The van der Waals surface area contributed by atoms with Gasteiger partial charge < -0.3 is 15.3 Å². The molecule has 0 amide bonds. The van der Waals surface area contributed by atoms with Crippen molar-refractivity contribution in [2.75, 3.05) is 11.9 Å². The van der Waals surface area contributed by atoms with Crippen molar-refractivity contribution in [2.45, 2.75) is 51.2 Å². The Morgan fingerprint density at radius 3 is 2.85 bits per heavy atom. The van der Waals surface area contributed by atoms with Gasteiger partial charge in [0.1, 0.15) is 12.2 Å². The molecule has 2 N–H and O–H groups in total. The van der Waals surface area contributed by atoms with Crippen molar-refractivity contribution < 1.29 is 18.7 Å². The van der Waals surface area contributed by atoms with Gasteiger partial charge in [0.05, 0.1) is 29.6 Å². The zero-order chi connectivity index (χ0) is 23.6. The van der Waals surface area contributed by atoms with Crippen LogP contribution < -0.4 is 5.32 Å². The monoisotopic (exact) mass is 455 g/mol. The molecule has 0 saturated heterocycles. The van der Waals surface area contributed by atoms with E-state index in [1.54, 1.807) is 38.4 Å². The fourth-order valence-electron chi connectivity index (χ4n) is 3.53. The highest BCUT2D eigenvalue weighted by Crippen LogP contribution is 2.28. The minimum atomic E-state index is -2.55. The Labute approximate surface area is 188 Å². The topological polar surface area (TPSA) is 121 Å². The number of nitrogens with one attached hydrogen (secondary N) is 1. The van der Waals surface area contributed by atoms with Crippen LogP contribution in [0, 0.1) is 11.3 Å². The normalized spacial score (nSPS) is 16.0. The molecule has 3 aromatic rings. The molecule has 33 heavy (non-hydrogen) atoms. The lowest BCUT2D eigenvalue weighted by Gasteiger charge is -2.18. The molecular weight excluding hydrogens is 432 g/mol. The van der Waals surface area contributed by atoms with Gasteiger partial charge in [-0.1, -0.05) is 5.16 Å². The van der Waals surface area contributed by atoms with Crippen LogP contribution in [0.25, 0.3) is 16.9 Å². The minimum Gasteiger partial charge on any atom is -0.392 e. The molecule has 1 aliphatic heterocycles. The van der Waals surface area contributed by atoms with Gasteiger partial charge in [-0.2, -0.15) is 15.0 Å². The van der Waals surface area contributed by atoms with E-state index in [-0.39, 0.29) is 6.10 Å². The average Bonchev–Trinajstić information content (AvgIpc) is 3.42. The largest absolute Gasteiger partial charge is 0.392 e. The Morgan fingerprint density at radius 1 is 1.30 bits per heavy atom. The van der Waals surface area contributed by atoms with Gasteiger partial charge >= 0.3 is 0 Å². The van der Waals surface area contributed by atoms with Crippen LogP contribution in [0.2, 0.25) is 0 Å². The van der Waals surface area contributed by atoms with Gasteiger partial charge in [-0.3, -0.25) is 0 Å². The van der Waals surface area contributed by atoms with E-state index in [0.29, 0.717) is 58.6 Å². The number of hydrogen-bond acceptors (Lipinski definition) is 8. The molecule has 0 radical (unpaired) electrons. The zero-order valence-electron chi connectivity index (χ0n) is 18.2. The summed E-state index contributed by atoms with van der Waals surface area (Å²) < 4.78 is 27.4. The number of anilines is 1. The van der Waals surface area contributed by atoms with Crippen molar-refractivity contribution in [1.29, 1.82) is 5.26 Å². The fraction of sp³-hybridized carbons (Fsp3) is 0.409. The number of oxime groups is 1. The molecule has 3 aromatic heterocycles. The van der Waals surface area contributed by atoms with Gasteiger partial charge in [0.25, 0.3) is 6.43 Å². The minimum absolute atomic E-state index is 0.206. The number of alkyl halides is 2. The molecule has 0 spiro atoms. The van der Waals surface area contributed by atoms with Crippen LogP contribution in [0.5, 0.6) is 0 Å². The third-order valence-corrected chi connectivity index (χ3v) is 5.21. The summed E-state index contributed by atoms with van der Waals surface area (Å²) in [6, 6.07) is 5.30. The molecule has 11 heteroatoms. The Balaban J connectivity index is 1.62. The SMILES string of the molecule is CC(C)(O)CC[C@@H]1CC(c2cnc(-n3ncc4cc(C#N)cnc43)cc2NCC(F)F)=NO1. The summed E-state index contributed by atoms with van der Waals surface area (Å²) in [6.45, 7) is 2.91. The maximum absolute atomic E-state index is 12.9. The van der Waals surface area contributed by atoms with Gasteiger partial charge in [-0.15, -0.1) is 0 Å². The molecule has 172 valence electrons. The zero-order valence-corrected chi connectivity index (χ0v) is 18.2. The molecule has 1 atom stereocenters. The molecule has 0 aliphatic carbocycles. The molecule has 0 unspecified atom stereocenters. The Morgan fingerprint density at radius 2 is 2.12 bits per heavy atom. The second-order valence-corrected chi connectivity index (χ2v) is 8.49. The Hall–Kier alpha value is -3.65. The lowest BCUT2D eigenvalue weighted by atomic mass is 9.97. The fourth-order valence-corrected chi connectivity index (χ4v) is 3.53. The van der Waals surface area contributed by atoms with E-state index in [0.717, 1.165) is 0 Å². The summed E-state index contributed by atoms with van der Waals surface area (Å²) in [5, 5.41) is 30.8. The first-order chi connectivity index (χ1) is 15.7. The third kappa shape index (κ3) is 5.23. The second kappa shape index (κ2) is 9.07. The van der Waals surface area contributed by atoms with E-state index in [4.69, 9.17) is 10.1 Å². The molecule has 0 saturated carbocycles. The average molecular weight is 455 g/mol. The highest BCUT2D eigenvalue weighted by atomic mass is 19.3. The van der Waals surface area contributed by atoms with Crippen LogP contribution in [0.3, 0.4) is 0 Å². The quantitative estimate of drug-likeness (QED) is 0.534. The summed E-state index contributed by atoms with van der Waals surface area (Å²) in [5.74, 6) is 0.376. The van der Waals surface area contributed by atoms with Crippen molar-refractivity contribution in [2.24, 2.45) is 5.16 Å². The summed E-state index contributed by atoms with van der Waals surface area (Å²) in [5.41, 5.74) is 1.65. The second-order valence-electron chi connectivity index (χ2n) is 8.49. The van der Waals surface area contributed by atoms with Crippen LogP contribution in [0.1, 0.15) is 44.2 Å². The summed E-state index contributed by atoms with van der Waals surface area (Å²) in [6.07, 6.45) is 3.41. The number of aliphatic hydroxyl groups is 1. The molecule has 0 fully saturated rings. The van der Waals surface area contributed by atoms with Gasteiger partial charge in [0.15, 0.2) is 11.5 Å². The maximum Gasteiger partial charge on any atom is 0.255 e. The van der Waals surface area contributed by atoms with Crippen LogP contribution in [-0.2, 0) is 4.84 Å². The van der Waals surface area contributed by atoms with Gasteiger partial charge in [0, 0.05) is 41.5 Å². The Bertz CT molecular complexity index is 1230. The van der Waals surface area contributed by atoms with E-state index < -0.39 is 18.6 Å². The first-order valence-electron chi connectivity index (χ1n) is 10.5. The standard InChI is InChI=1S/C22H23F2N7O2/c1-22(2,32)4-3-15-6-18(30-33-15)16-11-27-20(7-17(16)26-12-19(23)24)31-21-14(10-29-31)5-13(8-25)9-28-21/h5,7,9-11,15,19,32H,3-4,6,12H2,1-2H3,(H,26,27)/t15-/m1/s1. The molecule has 0 aromatic carbocycles. The highest BCUT2D eigenvalue weighted by Gasteiger charge is 2.27. The molecule has 0 bridgehead atoms. The molecule has 4 heterocycles. The number of fused-ring (bicyclic) bond motifs is 1. The molecule has 4 rings (SSSR count). The van der Waals surface area contributed by atoms with Gasteiger partial charge in [0.2, 0.25) is 0 Å². The lowest BCUT2D eigenvalue weighted by molar-refractivity contribution is 0.0298. The van der Waals surface area contributed by atoms with Crippen molar-refractivity contribution >= 4 is 22.4 Å². The number of aromatic nitrogens is 4. The lowest BCUT2D eigenvalue weighted by Crippen LogP contribution is -2.22. The van der Waals surface area contributed by atoms with E-state index in [1.807, 2.05) is 6.07 Å². The first-order valence-corrected chi connectivity index (χ1v) is 10.5. The van der Waals surface area contributed by atoms with E-state index in [9.17, 15) is 13.9 Å². The van der Waals surface area contributed by atoms with Gasteiger partial charge in [-0.25, -0.2) is 18.7 Å². The predicted octanol–water partition coefficient (Wildman–Crippen LogP) is 3.41. The van der Waals surface area contributed by atoms with Crippen LogP contribution in [0.4, 0.5) is 14.5 Å². The Kier molecular flexibility index (Phi) is 6.20. The number of halogens is 2. The van der Waals surface area contributed by atoms with E-state index in [1.165, 1.54) is 10.9 Å². The van der Waals surface area contributed by atoms with Crippen LogP contribution >= 0.6 is 0 Å². The summed E-state index contributed by atoms with van der Waals surface area (Å²) in [7, 11) is 0. The molecule has 9 nitrogen and oxygen atoms in total. The first kappa shape index (κ1) is 22.5. The van der Waals surface area contributed by atoms with Crippen LogP contribution in [0.15, 0.2) is 35.9 Å². The summed E-state index contributed by atoms with van der Waals surface area (Å²) >= 11 is 0. The number of rotatable bonds is 8. The number of hydrogen-bond donors (Lipinski definition) is 2. The number of pyridine rings is 2. The van der Waals surface area contributed by atoms with Crippen molar-refractivity contribution in [1.82, 2.24) is 19.7 Å². The predicted molar refractivity (Wildman–Crippen MR) is 117 cm³/mol. The van der Waals surface area contributed by atoms with Gasteiger partial charge in [-0.05, 0) is 32.8 Å². The van der Waals surface area contributed by atoms with Crippen molar-refractivity contribution in [3.8, 4) is 11.9 Å². The van der Waals surface area contributed by atoms with E-state index in [2.05, 4.69) is 25.5 Å². The number of nitrogens with zero attached hydrogens (tertiary/aromatic N) is 6. The third-order valence-electron chi connectivity index (χ3n) is 5.21. The molecule has 1 aliphatic rings. The molecular formula is C22H23F2N7O2. The van der Waals surface area contributed by atoms with Crippen molar-refractivity contribution in [3.63, 3.8) is 0 Å². The van der Waals surface area contributed by atoms with E-state index >= 15 is 0 Å². The summed E-state index contributed by atoms with van der Waals surface area (Å²) in [4.78, 5) is 14.2. The maximum atomic E-state index is 12.9.